The van der Waals surface area contributed by atoms with Gasteiger partial charge >= 0.3 is 5.97 Å². The van der Waals surface area contributed by atoms with Gasteiger partial charge in [0.15, 0.2) is 0 Å². The van der Waals surface area contributed by atoms with Gasteiger partial charge in [-0.3, -0.25) is 9.59 Å². The Hall–Kier alpha value is -3.16. The quantitative estimate of drug-likeness (QED) is 0.459. The Morgan fingerprint density at radius 2 is 1.86 bits per heavy atom. The number of aliphatic carboxylic acids is 1. The minimum Gasteiger partial charge on any atom is -0.481 e. The van der Waals surface area contributed by atoms with Gasteiger partial charge < -0.3 is 20.5 Å². The number of benzene rings is 1. The number of nitrogen functional groups attached to an aromatic ring is 1. The maximum absolute atomic E-state index is 13.5. The molecule has 1 aromatic heterocycles. The zero-order valence-electron chi connectivity index (χ0n) is 21.4. The number of ether oxygens (including phenoxy) is 1. The number of carboxylic acids is 1. The van der Waals surface area contributed by atoms with Gasteiger partial charge in [-0.05, 0) is 67.6 Å². The second-order valence-electron chi connectivity index (χ2n) is 10.6. The lowest BCUT2D eigenvalue weighted by Gasteiger charge is -2.28. The normalized spacial score (nSPS) is 20.1. The van der Waals surface area contributed by atoms with Crippen molar-refractivity contribution >= 4 is 23.4 Å². The van der Waals surface area contributed by atoms with Crippen LogP contribution < -0.4 is 15.4 Å². The molecular weight excluding hydrogens is 456 g/mol. The monoisotopic (exact) mass is 494 g/mol. The van der Waals surface area contributed by atoms with E-state index in [9.17, 15) is 9.59 Å². The van der Waals surface area contributed by atoms with Crippen LogP contribution in [0.15, 0.2) is 24.3 Å². The second kappa shape index (κ2) is 11.7. The molecule has 1 amide bonds. The molecular formula is C28H38N4O4. The smallest absolute Gasteiger partial charge is 0.303 e. The van der Waals surface area contributed by atoms with Gasteiger partial charge in [0, 0.05) is 18.5 Å². The zero-order valence-corrected chi connectivity index (χ0v) is 21.4. The third-order valence-corrected chi connectivity index (χ3v) is 7.38. The van der Waals surface area contributed by atoms with Crippen LogP contribution in [0, 0.1) is 11.8 Å². The second-order valence-corrected chi connectivity index (χ2v) is 10.6. The Labute approximate surface area is 213 Å². The molecule has 2 aliphatic rings. The van der Waals surface area contributed by atoms with E-state index >= 15 is 0 Å². The molecule has 2 heterocycles. The van der Waals surface area contributed by atoms with Crippen LogP contribution in [0.25, 0.3) is 0 Å². The number of hydrogen-bond donors (Lipinski definition) is 2. The molecule has 4 rings (SSSR count). The fourth-order valence-corrected chi connectivity index (χ4v) is 5.35. The van der Waals surface area contributed by atoms with Gasteiger partial charge in [0.25, 0.3) is 5.91 Å². The summed E-state index contributed by atoms with van der Waals surface area (Å²) in [5.74, 6) is 1.50. The highest BCUT2D eigenvalue weighted by molar-refractivity contribution is 6.10. The van der Waals surface area contributed by atoms with E-state index in [2.05, 4.69) is 35.9 Å². The van der Waals surface area contributed by atoms with E-state index in [-0.39, 0.29) is 35.5 Å². The van der Waals surface area contributed by atoms with Crippen molar-refractivity contribution in [1.82, 2.24) is 9.97 Å². The number of aryl methyl sites for hydroxylation is 1. The van der Waals surface area contributed by atoms with Crippen LogP contribution in [0.3, 0.4) is 0 Å². The van der Waals surface area contributed by atoms with Crippen LogP contribution in [0.4, 0.5) is 11.5 Å². The summed E-state index contributed by atoms with van der Waals surface area (Å²) < 4.78 is 5.86. The summed E-state index contributed by atoms with van der Waals surface area (Å²) in [6, 6.07) is 8.11. The lowest BCUT2D eigenvalue weighted by molar-refractivity contribution is -0.138. The summed E-state index contributed by atoms with van der Waals surface area (Å²) in [6.45, 7) is 5.16. The SMILES string of the molecule is CC(C)CCCCc1nc(N)c2c(n1)OCCN(c1ccc(C3CCC(CC(=O)O)CC3)cc1)C2=O. The van der Waals surface area contributed by atoms with E-state index in [0.717, 1.165) is 50.6 Å². The van der Waals surface area contributed by atoms with E-state index in [4.69, 9.17) is 15.6 Å². The Bertz CT molecular complexity index is 1060. The van der Waals surface area contributed by atoms with Crippen LogP contribution in [0.2, 0.25) is 0 Å². The number of hydrogen-bond acceptors (Lipinski definition) is 6. The number of fused-ring (bicyclic) bond motifs is 1. The molecule has 1 saturated carbocycles. The fraction of sp³-hybridized carbons (Fsp3) is 0.571. The van der Waals surface area contributed by atoms with Gasteiger partial charge in [-0.25, -0.2) is 4.98 Å². The minimum absolute atomic E-state index is 0.172. The molecule has 0 radical (unpaired) electrons. The number of rotatable bonds is 9. The summed E-state index contributed by atoms with van der Waals surface area (Å²) in [5.41, 5.74) is 8.50. The summed E-state index contributed by atoms with van der Waals surface area (Å²) in [5, 5.41) is 9.04. The van der Waals surface area contributed by atoms with E-state index in [1.54, 1.807) is 4.90 Å². The van der Waals surface area contributed by atoms with Gasteiger partial charge in [-0.1, -0.05) is 38.8 Å². The standard InChI is InChI=1S/C28H38N4O4/c1-18(2)5-3-4-6-23-30-26(29)25-27(31-23)36-16-15-32(28(25)35)22-13-11-21(12-14-22)20-9-7-19(8-10-20)17-24(33)34/h11-14,18-20H,3-10,15-17H2,1-2H3,(H,33,34)(H2,29,30,31). The highest BCUT2D eigenvalue weighted by Crippen LogP contribution is 2.38. The lowest BCUT2D eigenvalue weighted by atomic mass is 9.77. The molecule has 1 aromatic carbocycles. The maximum Gasteiger partial charge on any atom is 0.303 e. The van der Waals surface area contributed by atoms with E-state index in [1.165, 1.54) is 5.56 Å². The highest BCUT2D eigenvalue weighted by atomic mass is 16.5. The first-order valence-corrected chi connectivity index (χ1v) is 13.2. The van der Waals surface area contributed by atoms with Gasteiger partial charge in [-0.2, -0.15) is 4.98 Å². The largest absolute Gasteiger partial charge is 0.481 e. The van der Waals surface area contributed by atoms with Crippen molar-refractivity contribution in [3.63, 3.8) is 0 Å². The number of aromatic nitrogens is 2. The topological polar surface area (TPSA) is 119 Å². The van der Waals surface area contributed by atoms with Gasteiger partial charge in [0.1, 0.15) is 23.8 Å². The number of nitrogens with zero attached hydrogens (tertiary/aromatic N) is 3. The van der Waals surface area contributed by atoms with Crippen molar-refractivity contribution in [3.8, 4) is 5.88 Å². The van der Waals surface area contributed by atoms with Crippen molar-refractivity contribution in [2.45, 2.75) is 77.6 Å². The molecule has 3 N–H and O–H groups in total. The highest BCUT2D eigenvalue weighted by Gasteiger charge is 2.30. The first-order chi connectivity index (χ1) is 17.3. The average Bonchev–Trinajstić information content (AvgIpc) is 3.01. The molecule has 194 valence electrons. The zero-order chi connectivity index (χ0) is 25.7. The van der Waals surface area contributed by atoms with Crippen LogP contribution in [-0.2, 0) is 11.2 Å². The molecule has 0 bridgehead atoms. The molecule has 0 unspecified atom stereocenters. The molecule has 1 aliphatic heterocycles. The molecule has 1 fully saturated rings. The summed E-state index contributed by atoms with van der Waals surface area (Å²) in [4.78, 5) is 35.1. The first-order valence-electron chi connectivity index (χ1n) is 13.2. The lowest BCUT2D eigenvalue weighted by Crippen LogP contribution is -2.32. The van der Waals surface area contributed by atoms with E-state index in [0.29, 0.717) is 37.2 Å². The molecule has 0 atom stereocenters. The molecule has 8 nitrogen and oxygen atoms in total. The summed E-state index contributed by atoms with van der Waals surface area (Å²) in [7, 11) is 0. The van der Waals surface area contributed by atoms with Gasteiger partial charge in [-0.15, -0.1) is 0 Å². The third-order valence-electron chi connectivity index (χ3n) is 7.38. The van der Waals surface area contributed by atoms with Crippen molar-refractivity contribution in [2.24, 2.45) is 11.8 Å². The summed E-state index contributed by atoms with van der Waals surface area (Å²) >= 11 is 0. The fourth-order valence-electron chi connectivity index (χ4n) is 5.35. The number of carboxylic acid groups (broad SMARTS) is 1. The number of anilines is 2. The molecule has 2 aromatic rings. The number of amides is 1. The van der Waals surface area contributed by atoms with Crippen molar-refractivity contribution in [1.29, 1.82) is 0 Å². The molecule has 0 saturated heterocycles. The number of carbonyl (C=O) groups excluding carboxylic acids is 1. The number of nitrogens with two attached hydrogens (primary N) is 1. The Balaban J connectivity index is 1.42. The Morgan fingerprint density at radius 3 is 2.53 bits per heavy atom. The third kappa shape index (κ3) is 6.33. The van der Waals surface area contributed by atoms with Crippen molar-refractivity contribution in [3.05, 3.63) is 41.2 Å². The van der Waals surface area contributed by atoms with Crippen molar-refractivity contribution in [2.75, 3.05) is 23.8 Å². The first kappa shape index (κ1) is 25.9. The minimum atomic E-state index is -0.709. The molecule has 36 heavy (non-hydrogen) atoms. The van der Waals surface area contributed by atoms with Gasteiger partial charge in [0.05, 0.1) is 6.54 Å². The predicted molar refractivity (Wildman–Crippen MR) is 139 cm³/mol. The maximum atomic E-state index is 13.5. The molecule has 8 heteroatoms. The molecule has 1 aliphatic carbocycles. The van der Waals surface area contributed by atoms with Crippen molar-refractivity contribution < 1.29 is 19.4 Å². The van der Waals surface area contributed by atoms with Gasteiger partial charge in [0.2, 0.25) is 5.88 Å². The Morgan fingerprint density at radius 1 is 1.14 bits per heavy atom. The van der Waals surface area contributed by atoms with E-state index < -0.39 is 5.97 Å². The Kier molecular flexibility index (Phi) is 8.44. The van der Waals surface area contributed by atoms with Crippen LogP contribution in [0.1, 0.15) is 92.9 Å². The molecule has 0 spiro atoms. The number of carbonyl (C=O) groups is 2. The van der Waals surface area contributed by atoms with E-state index in [1.807, 2.05) is 12.1 Å². The van der Waals surface area contributed by atoms with Crippen LogP contribution in [-0.4, -0.2) is 40.1 Å². The van der Waals surface area contributed by atoms with Crippen LogP contribution in [0.5, 0.6) is 5.88 Å². The average molecular weight is 495 g/mol. The predicted octanol–water partition coefficient (Wildman–Crippen LogP) is 5.22. The summed E-state index contributed by atoms with van der Waals surface area (Å²) in [6.07, 6.45) is 8.09. The number of unbranched alkanes of at least 4 members (excludes halogenated alkanes) is 1. The van der Waals surface area contributed by atoms with Crippen LogP contribution >= 0.6 is 0 Å².